The van der Waals surface area contributed by atoms with Gasteiger partial charge in [0.1, 0.15) is 0 Å². The maximum absolute atomic E-state index is 11.6. The van der Waals surface area contributed by atoms with Gasteiger partial charge in [-0.2, -0.15) is 0 Å². The predicted molar refractivity (Wildman–Crippen MR) is 90.1 cm³/mol. The summed E-state index contributed by atoms with van der Waals surface area (Å²) >= 11 is 0. The van der Waals surface area contributed by atoms with Gasteiger partial charge < -0.3 is 14.6 Å². The van der Waals surface area contributed by atoms with Crippen molar-refractivity contribution in [3.63, 3.8) is 0 Å². The van der Waals surface area contributed by atoms with Crippen molar-refractivity contribution in [2.45, 2.75) is 90.6 Å². The van der Waals surface area contributed by atoms with Gasteiger partial charge in [0, 0.05) is 20.0 Å². The van der Waals surface area contributed by atoms with Crippen LogP contribution in [0, 0.1) is 0 Å². The minimum absolute atomic E-state index is 0.00990. The van der Waals surface area contributed by atoms with Crippen LogP contribution in [0.2, 0.25) is 0 Å². The molecule has 1 unspecified atom stereocenters. The van der Waals surface area contributed by atoms with Crippen molar-refractivity contribution in [1.82, 2.24) is 0 Å². The number of hydrogen-bond acceptors (Lipinski definition) is 5. The second kappa shape index (κ2) is 15.8. The number of carbonyl (C=O) groups excluding carboxylic acids is 2. The molecule has 136 valence electrons. The molecule has 0 aromatic heterocycles. The van der Waals surface area contributed by atoms with Crippen molar-refractivity contribution >= 4 is 11.9 Å². The van der Waals surface area contributed by atoms with Crippen molar-refractivity contribution in [3.8, 4) is 0 Å². The minimum atomic E-state index is -0.207. The van der Waals surface area contributed by atoms with E-state index < -0.39 is 0 Å². The summed E-state index contributed by atoms with van der Waals surface area (Å²) in [6.45, 7) is 4.10. The highest BCUT2D eigenvalue weighted by Crippen LogP contribution is 2.11. The van der Waals surface area contributed by atoms with Crippen LogP contribution in [0.1, 0.15) is 84.5 Å². The fourth-order valence-corrected chi connectivity index (χ4v) is 2.36. The average Bonchev–Trinajstić information content (AvgIpc) is 2.49. The van der Waals surface area contributed by atoms with E-state index in [4.69, 9.17) is 14.6 Å². The second-order valence-corrected chi connectivity index (χ2v) is 6.08. The molecule has 5 nitrogen and oxygen atoms in total. The van der Waals surface area contributed by atoms with Gasteiger partial charge in [-0.15, -0.1) is 0 Å². The van der Waals surface area contributed by atoms with E-state index in [9.17, 15) is 9.59 Å². The van der Waals surface area contributed by atoms with Crippen molar-refractivity contribution in [2.24, 2.45) is 0 Å². The van der Waals surface area contributed by atoms with Crippen LogP contribution in [-0.4, -0.2) is 36.4 Å². The van der Waals surface area contributed by atoms with E-state index in [2.05, 4.69) is 0 Å². The highest BCUT2D eigenvalue weighted by Gasteiger charge is 2.08. The van der Waals surface area contributed by atoms with Crippen LogP contribution in [0.3, 0.4) is 0 Å². The number of esters is 2. The summed E-state index contributed by atoms with van der Waals surface area (Å²) in [5, 5.41) is 8.66. The first-order valence-corrected chi connectivity index (χ1v) is 9.00. The summed E-state index contributed by atoms with van der Waals surface area (Å²) in [7, 11) is 0. The third-order valence-electron chi connectivity index (χ3n) is 3.68. The van der Waals surface area contributed by atoms with Crippen molar-refractivity contribution in [3.05, 3.63) is 0 Å². The smallest absolute Gasteiger partial charge is 0.306 e. The number of carbonyl (C=O) groups is 2. The largest absolute Gasteiger partial charge is 0.466 e. The Balaban J connectivity index is 3.34. The van der Waals surface area contributed by atoms with E-state index in [1.54, 1.807) is 0 Å². The standard InChI is InChI=1S/C18H34O5/c1-16(23-18(21)13-9-7-10-14-19)12-8-5-3-4-6-11-15-22-17(2)20/h16,19H,3-15H2,1-2H3. The van der Waals surface area contributed by atoms with E-state index in [-0.39, 0.29) is 24.6 Å². The molecule has 0 saturated heterocycles. The molecule has 0 amide bonds. The maximum Gasteiger partial charge on any atom is 0.306 e. The van der Waals surface area contributed by atoms with Crippen molar-refractivity contribution in [2.75, 3.05) is 13.2 Å². The summed E-state index contributed by atoms with van der Waals surface area (Å²) in [5.74, 6) is -0.331. The van der Waals surface area contributed by atoms with E-state index in [0.29, 0.717) is 13.0 Å². The van der Waals surface area contributed by atoms with E-state index in [1.165, 1.54) is 13.3 Å². The lowest BCUT2D eigenvalue weighted by Crippen LogP contribution is -2.14. The monoisotopic (exact) mass is 330 g/mol. The maximum atomic E-state index is 11.6. The molecule has 5 heteroatoms. The Kier molecular flexibility index (Phi) is 15.0. The number of hydrogen-bond donors (Lipinski definition) is 1. The Morgan fingerprint density at radius 3 is 2.17 bits per heavy atom. The van der Waals surface area contributed by atoms with Crippen LogP contribution >= 0.6 is 0 Å². The quantitative estimate of drug-likeness (QED) is 0.365. The molecule has 0 aliphatic carbocycles. The topological polar surface area (TPSA) is 72.8 Å². The fraction of sp³-hybridized carbons (Fsp3) is 0.889. The van der Waals surface area contributed by atoms with E-state index in [1.807, 2.05) is 6.92 Å². The first-order valence-electron chi connectivity index (χ1n) is 9.00. The van der Waals surface area contributed by atoms with Gasteiger partial charge in [0.05, 0.1) is 12.7 Å². The number of rotatable bonds is 15. The summed E-state index contributed by atoms with van der Waals surface area (Å²) in [6, 6.07) is 0. The molecular formula is C18H34O5. The molecule has 0 aromatic carbocycles. The Labute approximate surface area is 140 Å². The highest BCUT2D eigenvalue weighted by atomic mass is 16.5. The molecule has 0 bridgehead atoms. The number of ether oxygens (including phenoxy) is 2. The molecular weight excluding hydrogens is 296 g/mol. The van der Waals surface area contributed by atoms with E-state index in [0.717, 1.165) is 57.8 Å². The second-order valence-electron chi connectivity index (χ2n) is 6.08. The zero-order chi connectivity index (χ0) is 17.3. The van der Waals surface area contributed by atoms with Gasteiger partial charge in [-0.3, -0.25) is 9.59 Å². The molecule has 1 atom stereocenters. The van der Waals surface area contributed by atoms with Crippen LogP contribution in [0.25, 0.3) is 0 Å². The SMILES string of the molecule is CC(=O)OCCCCCCCCC(C)OC(=O)CCCCCO. The molecule has 0 radical (unpaired) electrons. The van der Waals surface area contributed by atoms with Gasteiger partial charge in [0.2, 0.25) is 0 Å². The normalized spacial score (nSPS) is 12.0. The van der Waals surface area contributed by atoms with Crippen molar-refractivity contribution in [1.29, 1.82) is 0 Å². The lowest BCUT2D eigenvalue weighted by molar-refractivity contribution is -0.148. The van der Waals surface area contributed by atoms with Gasteiger partial charge in [-0.1, -0.05) is 32.1 Å². The molecule has 0 spiro atoms. The lowest BCUT2D eigenvalue weighted by Gasteiger charge is -2.13. The molecule has 23 heavy (non-hydrogen) atoms. The molecule has 0 rings (SSSR count). The molecule has 0 fully saturated rings. The van der Waals surface area contributed by atoms with Crippen LogP contribution < -0.4 is 0 Å². The van der Waals surface area contributed by atoms with Crippen LogP contribution in [0.5, 0.6) is 0 Å². The molecule has 0 aliphatic heterocycles. The Bertz CT molecular complexity index is 304. The molecule has 0 saturated carbocycles. The number of unbranched alkanes of at least 4 members (excludes halogenated alkanes) is 7. The molecule has 1 N–H and O–H groups in total. The van der Waals surface area contributed by atoms with Crippen LogP contribution in [0.15, 0.2) is 0 Å². The minimum Gasteiger partial charge on any atom is -0.466 e. The lowest BCUT2D eigenvalue weighted by atomic mass is 10.1. The van der Waals surface area contributed by atoms with E-state index >= 15 is 0 Å². The van der Waals surface area contributed by atoms with Crippen LogP contribution in [0.4, 0.5) is 0 Å². The Hall–Kier alpha value is -1.10. The first kappa shape index (κ1) is 21.9. The average molecular weight is 330 g/mol. The molecule has 0 aromatic rings. The van der Waals surface area contributed by atoms with Gasteiger partial charge in [0.25, 0.3) is 0 Å². The molecule has 0 heterocycles. The molecule has 0 aliphatic rings. The van der Waals surface area contributed by atoms with Crippen LogP contribution in [-0.2, 0) is 19.1 Å². The Morgan fingerprint density at radius 1 is 0.913 bits per heavy atom. The first-order chi connectivity index (χ1) is 11.1. The Morgan fingerprint density at radius 2 is 1.52 bits per heavy atom. The fourth-order valence-electron chi connectivity index (χ4n) is 2.36. The van der Waals surface area contributed by atoms with Gasteiger partial charge >= 0.3 is 11.9 Å². The van der Waals surface area contributed by atoms with Gasteiger partial charge in [-0.05, 0) is 39.0 Å². The number of aliphatic hydroxyl groups is 1. The number of aliphatic hydroxyl groups excluding tert-OH is 1. The highest BCUT2D eigenvalue weighted by molar-refractivity contribution is 5.69. The third kappa shape index (κ3) is 17.1. The summed E-state index contributed by atoms with van der Waals surface area (Å²) in [5.41, 5.74) is 0. The van der Waals surface area contributed by atoms with Crippen molar-refractivity contribution < 1.29 is 24.2 Å². The summed E-state index contributed by atoms with van der Waals surface area (Å²) in [6.07, 6.45) is 10.3. The zero-order valence-electron chi connectivity index (χ0n) is 14.8. The van der Waals surface area contributed by atoms with Gasteiger partial charge in [-0.25, -0.2) is 0 Å². The van der Waals surface area contributed by atoms with Gasteiger partial charge in [0.15, 0.2) is 0 Å². The zero-order valence-corrected chi connectivity index (χ0v) is 14.8. The summed E-state index contributed by atoms with van der Waals surface area (Å²) in [4.78, 5) is 22.2. The predicted octanol–water partition coefficient (Wildman–Crippen LogP) is 3.76. The third-order valence-corrected chi connectivity index (χ3v) is 3.68. The summed E-state index contributed by atoms with van der Waals surface area (Å²) < 4.78 is 10.2.